The highest BCUT2D eigenvalue weighted by Crippen LogP contribution is 2.24. The smallest absolute Gasteiger partial charge is 0.307 e. The fourth-order valence-electron chi connectivity index (χ4n) is 5.23. The Kier molecular flexibility index (Phi) is 9.44. The molecule has 0 saturated carbocycles. The summed E-state index contributed by atoms with van der Waals surface area (Å²) in [5.74, 6) is -1.62. The molecule has 7 heteroatoms. The van der Waals surface area contributed by atoms with Gasteiger partial charge in [-0.3, -0.25) is 14.4 Å². The van der Waals surface area contributed by atoms with Crippen LogP contribution in [0, 0.1) is 5.92 Å². The van der Waals surface area contributed by atoms with Crippen molar-refractivity contribution in [2.75, 3.05) is 6.54 Å². The number of rotatable bonds is 6. The normalized spacial score (nSPS) is 17.7. The predicted molar refractivity (Wildman–Crippen MR) is 153 cm³/mol. The molecule has 2 amide bonds. The molecule has 0 fully saturated rings. The number of nitrogens with zero attached hydrogens (tertiary/aromatic N) is 1. The molecule has 7 nitrogen and oxygen atoms in total. The van der Waals surface area contributed by atoms with Gasteiger partial charge in [-0.15, -0.1) is 0 Å². The van der Waals surface area contributed by atoms with Crippen LogP contribution in [0.5, 0.6) is 0 Å². The van der Waals surface area contributed by atoms with E-state index in [2.05, 4.69) is 33.5 Å². The van der Waals surface area contributed by atoms with E-state index in [1.54, 1.807) is 0 Å². The third-order valence-electron chi connectivity index (χ3n) is 7.08. The van der Waals surface area contributed by atoms with Gasteiger partial charge in [0.15, 0.2) is 0 Å². The average Bonchev–Trinajstić information content (AvgIpc) is 3.24. The Morgan fingerprint density at radius 1 is 1.03 bits per heavy atom. The van der Waals surface area contributed by atoms with Gasteiger partial charge in [0.05, 0.1) is 12.3 Å². The summed E-state index contributed by atoms with van der Waals surface area (Å²) in [5.41, 5.74) is 2.47. The monoisotopic (exact) mass is 531 g/mol. The topological polar surface area (TPSA) is 89.4 Å². The lowest BCUT2D eigenvalue weighted by molar-refractivity contribution is -0.157. The number of amides is 2. The molecule has 2 atom stereocenters. The number of esters is 1. The maximum atomic E-state index is 13.7. The SMILES string of the molecule is CC(C)(C)OC(=O)C[C@@H](Cc1ccccc1)C(=O)N[C@H]1Cc2cn(c3ccccc23)CCCCCCNC1=O. The van der Waals surface area contributed by atoms with Crippen molar-refractivity contribution in [3.63, 3.8) is 0 Å². The van der Waals surface area contributed by atoms with E-state index in [9.17, 15) is 14.4 Å². The molecule has 0 saturated heterocycles. The van der Waals surface area contributed by atoms with Crippen molar-refractivity contribution >= 4 is 28.7 Å². The van der Waals surface area contributed by atoms with Gasteiger partial charge < -0.3 is 19.9 Å². The van der Waals surface area contributed by atoms with E-state index in [-0.39, 0.29) is 18.2 Å². The van der Waals surface area contributed by atoms with Crippen LogP contribution in [-0.4, -0.2) is 40.5 Å². The Morgan fingerprint density at radius 2 is 1.74 bits per heavy atom. The predicted octanol–water partition coefficient (Wildman–Crippen LogP) is 4.95. The Balaban J connectivity index is 1.59. The zero-order chi connectivity index (χ0) is 27.8. The lowest BCUT2D eigenvalue weighted by Crippen LogP contribution is -2.50. The fourth-order valence-corrected chi connectivity index (χ4v) is 5.23. The standard InChI is InChI=1S/C32H41N3O4/c1-32(2,3)39-29(36)21-24(19-23-13-7-6-8-14-23)30(37)34-27-20-25-22-35(28-16-10-9-15-26(25)28)18-12-5-4-11-17-33-31(27)38/h6-10,13-16,22,24,27H,4-5,11-12,17-21H2,1-3H3,(H,33,38)(H,34,37)/t24-,27+/m1/s1. The van der Waals surface area contributed by atoms with Crippen molar-refractivity contribution in [3.05, 3.63) is 71.9 Å². The number of aryl methyl sites for hydroxylation is 1. The number of hydrogen-bond donors (Lipinski definition) is 2. The number of aromatic nitrogens is 1. The highest BCUT2D eigenvalue weighted by Gasteiger charge is 2.30. The molecule has 2 aromatic carbocycles. The van der Waals surface area contributed by atoms with Gasteiger partial charge in [-0.1, -0.05) is 61.4 Å². The van der Waals surface area contributed by atoms with E-state index in [1.165, 1.54) is 0 Å². The first-order valence-corrected chi connectivity index (χ1v) is 14.1. The number of fused-ring (bicyclic) bond motifs is 5. The summed E-state index contributed by atoms with van der Waals surface area (Å²) in [7, 11) is 0. The van der Waals surface area contributed by atoms with Crippen molar-refractivity contribution in [2.45, 2.75) is 83.9 Å². The van der Waals surface area contributed by atoms with Gasteiger partial charge in [-0.25, -0.2) is 0 Å². The van der Waals surface area contributed by atoms with Crippen LogP contribution in [0.2, 0.25) is 0 Å². The van der Waals surface area contributed by atoms with Gasteiger partial charge in [-0.05, 0) is 57.2 Å². The maximum absolute atomic E-state index is 13.7. The summed E-state index contributed by atoms with van der Waals surface area (Å²) < 4.78 is 7.80. The van der Waals surface area contributed by atoms with E-state index in [0.29, 0.717) is 19.4 Å². The molecule has 0 radical (unpaired) electrons. The molecule has 39 heavy (non-hydrogen) atoms. The van der Waals surface area contributed by atoms with Gasteiger partial charge in [0.1, 0.15) is 11.6 Å². The molecule has 3 aromatic rings. The highest BCUT2D eigenvalue weighted by atomic mass is 16.6. The van der Waals surface area contributed by atoms with Crippen LogP contribution in [0.4, 0.5) is 0 Å². The minimum absolute atomic E-state index is 0.0638. The Hall–Kier alpha value is -3.61. The Labute approximate surface area is 231 Å². The molecule has 1 aromatic heterocycles. The molecule has 0 aliphatic carbocycles. The van der Waals surface area contributed by atoms with Crippen LogP contribution in [0.25, 0.3) is 10.9 Å². The van der Waals surface area contributed by atoms with Gasteiger partial charge in [0.2, 0.25) is 11.8 Å². The summed E-state index contributed by atoms with van der Waals surface area (Å²) in [6.45, 7) is 6.94. The van der Waals surface area contributed by atoms with Crippen LogP contribution >= 0.6 is 0 Å². The largest absolute Gasteiger partial charge is 0.460 e. The molecular weight excluding hydrogens is 490 g/mol. The van der Waals surface area contributed by atoms with Crippen molar-refractivity contribution in [2.24, 2.45) is 5.92 Å². The van der Waals surface area contributed by atoms with E-state index in [1.807, 2.05) is 63.2 Å². The van der Waals surface area contributed by atoms with Gasteiger partial charge in [0, 0.05) is 36.6 Å². The van der Waals surface area contributed by atoms with E-state index in [4.69, 9.17) is 4.74 Å². The summed E-state index contributed by atoms with van der Waals surface area (Å²) in [6.07, 6.45) is 6.93. The van der Waals surface area contributed by atoms with Gasteiger partial charge in [-0.2, -0.15) is 0 Å². The fraction of sp³-hybridized carbons (Fsp3) is 0.469. The molecule has 4 rings (SSSR count). The van der Waals surface area contributed by atoms with Crippen molar-refractivity contribution in [3.8, 4) is 0 Å². The van der Waals surface area contributed by atoms with Crippen LogP contribution in [0.15, 0.2) is 60.8 Å². The quantitative estimate of drug-likeness (QED) is 0.441. The maximum Gasteiger partial charge on any atom is 0.307 e. The minimum atomic E-state index is -0.755. The molecule has 208 valence electrons. The van der Waals surface area contributed by atoms with Crippen LogP contribution in [0.3, 0.4) is 0 Å². The minimum Gasteiger partial charge on any atom is -0.460 e. The summed E-state index contributed by atoms with van der Waals surface area (Å²) >= 11 is 0. The van der Waals surface area contributed by atoms with Crippen molar-refractivity contribution in [1.82, 2.24) is 15.2 Å². The molecular formula is C32H41N3O4. The second-order valence-corrected chi connectivity index (χ2v) is 11.5. The number of ether oxygens (including phenoxy) is 1. The highest BCUT2D eigenvalue weighted by molar-refractivity contribution is 5.91. The van der Waals surface area contributed by atoms with Crippen molar-refractivity contribution < 1.29 is 19.1 Å². The summed E-state index contributed by atoms with van der Waals surface area (Å²) in [5, 5.41) is 7.15. The molecule has 0 spiro atoms. The number of para-hydroxylation sites is 1. The van der Waals surface area contributed by atoms with Gasteiger partial charge >= 0.3 is 5.97 Å². The Morgan fingerprint density at radius 3 is 2.51 bits per heavy atom. The first-order chi connectivity index (χ1) is 18.7. The second kappa shape index (κ2) is 13.0. The molecule has 2 bridgehead atoms. The van der Waals surface area contributed by atoms with Crippen LogP contribution in [-0.2, 0) is 38.5 Å². The number of carbonyl (C=O) groups is 3. The average molecular weight is 532 g/mol. The van der Waals surface area contributed by atoms with Crippen molar-refractivity contribution in [1.29, 1.82) is 0 Å². The second-order valence-electron chi connectivity index (χ2n) is 11.5. The third kappa shape index (κ3) is 8.19. The first-order valence-electron chi connectivity index (χ1n) is 14.1. The Bertz CT molecular complexity index is 1280. The number of nitrogens with one attached hydrogen (secondary N) is 2. The summed E-state index contributed by atoms with van der Waals surface area (Å²) in [4.78, 5) is 39.8. The van der Waals surface area contributed by atoms with E-state index >= 15 is 0 Å². The number of hydrogen-bond acceptors (Lipinski definition) is 4. The molecule has 2 N–H and O–H groups in total. The first kappa shape index (κ1) is 28.4. The third-order valence-corrected chi connectivity index (χ3v) is 7.08. The van der Waals surface area contributed by atoms with Crippen LogP contribution in [0.1, 0.15) is 64.0 Å². The summed E-state index contributed by atoms with van der Waals surface area (Å²) in [6, 6.07) is 17.1. The molecule has 0 unspecified atom stereocenters. The molecule has 2 heterocycles. The number of carbonyl (C=O) groups excluding carboxylic acids is 3. The molecule has 1 aliphatic rings. The lowest BCUT2D eigenvalue weighted by atomic mass is 9.94. The van der Waals surface area contributed by atoms with Gasteiger partial charge in [0.25, 0.3) is 0 Å². The lowest BCUT2D eigenvalue weighted by Gasteiger charge is -2.24. The zero-order valence-electron chi connectivity index (χ0n) is 23.4. The zero-order valence-corrected chi connectivity index (χ0v) is 23.4. The molecule has 1 aliphatic heterocycles. The van der Waals surface area contributed by atoms with Crippen LogP contribution < -0.4 is 10.6 Å². The van der Waals surface area contributed by atoms with E-state index < -0.39 is 23.5 Å². The number of benzene rings is 2. The van der Waals surface area contributed by atoms with E-state index in [0.717, 1.165) is 54.3 Å².